The number of carboxylic acid groups (broad SMARTS) is 1. The molecule has 0 fully saturated rings. The lowest BCUT2D eigenvalue weighted by atomic mass is 10.2. The number of rotatable bonds is 5. The molecule has 22 heavy (non-hydrogen) atoms. The van der Waals surface area contributed by atoms with E-state index >= 15 is 0 Å². The number of halogens is 2. The first-order valence-electron chi connectivity index (χ1n) is 6.26. The molecule has 0 aliphatic carbocycles. The lowest BCUT2D eigenvalue weighted by Crippen LogP contribution is -2.44. The van der Waals surface area contributed by atoms with Crippen molar-refractivity contribution in [3.05, 3.63) is 23.2 Å². The lowest BCUT2D eigenvalue weighted by Gasteiger charge is -2.24. The first-order chi connectivity index (χ1) is 10.4. The minimum Gasteiger partial charge on any atom is -0.480 e. The third-order valence-corrected chi connectivity index (χ3v) is 4.43. The quantitative estimate of drug-likeness (QED) is 0.754. The highest BCUT2D eigenvalue weighted by atomic mass is 35.5. The van der Waals surface area contributed by atoms with Gasteiger partial charge in [0.1, 0.15) is 6.67 Å². The summed E-state index contributed by atoms with van der Waals surface area (Å²) in [5, 5.41) is 13.1. The van der Waals surface area contributed by atoms with Crippen LogP contribution in [0.25, 0.3) is 0 Å². The van der Waals surface area contributed by atoms with E-state index in [0.29, 0.717) is 10.7 Å². The van der Waals surface area contributed by atoms with Crippen molar-refractivity contribution in [2.45, 2.75) is 22.6 Å². The molecule has 6 nitrogen and oxygen atoms in total. The Kier molecular flexibility index (Phi) is 5.25. The monoisotopic (exact) mass is 346 g/mol. The van der Waals surface area contributed by atoms with E-state index in [4.69, 9.17) is 16.7 Å². The Morgan fingerprint density at radius 2 is 2.23 bits per heavy atom. The third-order valence-electron chi connectivity index (χ3n) is 2.92. The van der Waals surface area contributed by atoms with Gasteiger partial charge in [-0.15, -0.1) is 11.8 Å². The van der Waals surface area contributed by atoms with E-state index in [1.165, 1.54) is 11.8 Å². The predicted octanol–water partition coefficient (Wildman–Crippen LogP) is 1.68. The summed E-state index contributed by atoms with van der Waals surface area (Å²) in [7, 11) is 0. The van der Waals surface area contributed by atoms with E-state index in [9.17, 15) is 18.8 Å². The van der Waals surface area contributed by atoms with Crippen molar-refractivity contribution in [3.8, 4) is 0 Å². The number of thioether (sulfide) groups is 1. The largest absolute Gasteiger partial charge is 0.480 e. The number of anilines is 1. The van der Waals surface area contributed by atoms with Gasteiger partial charge in [-0.3, -0.25) is 9.59 Å². The van der Waals surface area contributed by atoms with Crippen molar-refractivity contribution in [1.82, 2.24) is 5.32 Å². The molecule has 0 radical (unpaired) electrons. The maximum atomic E-state index is 12.5. The highest BCUT2D eigenvalue weighted by molar-refractivity contribution is 8.01. The smallest absolute Gasteiger partial charge is 0.328 e. The van der Waals surface area contributed by atoms with Crippen LogP contribution in [-0.2, 0) is 14.4 Å². The van der Waals surface area contributed by atoms with Gasteiger partial charge in [0.2, 0.25) is 11.8 Å². The van der Waals surface area contributed by atoms with Crippen LogP contribution in [0.5, 0.6) is 0 Å². The average Bonchev–Trinajstić information content (AvgIpc) is 2.45. The molecular weight excluding hydrogens is 335 g/mol. The number of hydrogen-bond acceptors (Lipinski definition) is 4. The Morgan fingerprint density at radius 3 is 2.86 bits per heavy atom. The van der Waals surface area contributed by atoms with Crippen LogP contribution in [0.3, 0.4) is 0 Å². The zero-order chi connectivity index (χ0) is 16.3. The molecule has 1 aromatic rings. The van der Waals surface area contributed by atoms with Crippen molar-refractivity contribution in [3.63, 3.8) is 0 Å². The van der Waals surface area contributed by atoms with E-state index < -0.39 is 29.8 Å². The second-order valence-electron chi connectivity index (χ2n) is 4.55. The summed E-state index contributed by atoms with van der Waals surface area (Å²) >= 11 is 7.00. The maximum Gasteiger partial charge on any atom is 0.328 e. The number of carbonyl (C=O) groups excluding carboxylic acids is 2. The Morgan fingerprint density at radius 1 is 1.50 bits per heavy atom. The Bertz CT molecular complexity index is 628. The van der Waals surface area contributed by atoms with Crippen molar-refractivity contribution in [1.29, 1.82) is 0 Å². The molecule has 0 saturated carbocycles. The van der Waals surface area contributed by atoms with Crippen LogP contribution < -0.4 is 10.6 Å². The molecule has 3 N–H and O–H groups in total. The molecule has 9 heteroatoms. The Balaban J connectivity index is 2.02. The Labute approximate surface area is 134 Å². The summed E-state index contributed by atoms with van der Waals surface area (Å²) < 4.78 is 12.5. The molecule has 1 aliphatic heterocycles. The molecule has 2 atom stereocenters. The normalized spacial score (nSPS) is 18.1. The van der Waals surface area contributed by atoms with Crippen LogP contribution in [-0.4, -0.2) is 40.9 Å². The average molecular weight is 347 g/mol. The SMILES string of the molecule is O=C(CC1Sc2ccc(Cl)cc2NC1=O)NC(CF)C(=O)O. The van der Waals surface area contributed by atoms with Gasteiger partial charge in [-0.1, -0.05) is 11.6 Å². The third kappa shape index (κ3) is 3.89. The molecular formula is C13H12ClFN2O4S. The zero-order valence-corrected chi connectivity index (χ0v) is 12.7. The first-order valence-corrected chi connectivity index (χ1v) is 7.51. The van der Waals surface area contributed by atoms with Gasteiger partial charge in [-0.05, 0) is 18.2 Å². The number of alkyl halides is 1. The lowest BCUT2D eigenvalue weighted by molar-refractivity contribution is -0.142. The van der Waals surface area contributed by atoms with Crippen molar-refractivity contribution in [2.24, 2.45) is 0 Å². The van der Waals surface area contributed by atoms with Gasteiger partial charge < -0.3 is 15.7 Å². The predicted molar refractivity (Wildman–Crippen MR) is 79.9 cm³/mol. The highest BCUT2D eigenvalue weighted by Gasteiger charge is 2.30. The molecule has 1 aliphatic rings. The fourth-order valence-corrected chi connectivity index (χ4v) is 3.11. The minimum atomic E-state index is -1.60. The molecule has 0 spiro atoms. The highest BCUT2D eigenvalue weighted by Crippen LogP contribution is 2.38. The van der Waals surface area contributed by atoms with E-state index in [2.05, 4.69) is 5.32 Å². The molecule has 1 heterocycles. The fraction of sp³-hybridized carbons (Fsp3) is 0.308. The zero-order valence-electron chi connectivity index (χ0n) is 11.1. The number of amides is 2. The van der Waals surface area contributed by atoms with Crippen molar-refractivity contribution in [2.75, 3.05) is 12.0 Å². The summed E-state index contributed by atoms with van der Waals surface area (Å²) in [5.74, 6) is -2.55. The van der Waals surface area contributed by atoms with Gasteiger partial charge in [-0.25, -0.2) is 9.18 Å². The summed E-state index contributed by atoms with van der Waals surface area (Å²) in [6.45, 7) is -1.22. The Hall–Kier alpha value is -1.80. The van der Waals surface area contributed by atoms with Gasteiger partial charge in [0.15, 0.2) is 6.04 Å². The van der Waals surface area contributed by atoms with Gasteiger partial charge in [0.25, 0.3) is 0 Å². The van der Waals surface area contributed by atoms with Crippen LogP contribution in [0.1, 0.15) is 6.42 Å². The van der Waals surface area contributed by atoms with E-state index in [-0.39, 0.29) is 12.3 Å². The van der Waals surface area contributed by atoms with E-state index in [1.807, 2.05) is 5.32 Å². The number of nitrogens with one attached hydrogen (secondary N) is 2. The summed E-state index contributed by atoms with van der Waals surface area (Å²) in [5.41, 5.74) is 0.561. The van der Waals surface area contributed by atoms with Crippen LogP contribution >= 0.6 is 23.4 Å². The number of benzene rings is 1. The van der Waals surface area contributed by atoms with Crippen LogP contribution in [0.4, 0.5) is 10.1 Å². The van der Waals surface area contributed by atoms with Crippen molar-refractivity contribution >= 4 is 46.8 Å². The maximum absolute atomic E-state index is 12.5. The van der Waals surface area contributed by atoms with Crippen LogP contribution in [0.2, 0.25) is 5.02 Å². The number of hydrogen-bond donors (Lipinski definition) is 3. The molecule has 0 aromatic heterocycles. The van der Waals surface area contributed by atoms with Gasteiger partial charge >= 0.3 is 5.97 Å². The van der Waals surface area contributed by atoms with Crippen molar-refractivity contribution < 1.29 is 23.9 Å². The molecule has 0 bridgehead atoms. The topological polar surface area (TPSA) is 95.5 Å². The summed E-state index contributed by atoms with van der Waals surface area (Å²) in [6.07, 6.45) is -0.248. The molecule has 2 unspecified atom stereocenters. The second-order valence-corrected chi connectivity index (χ2v) is 6.23. The van der Waals surface area contributed by atoms with Crippen LogP contribution in [0.15, 0.2) is 23.1 Å². The number of carboxylic acids is 1. The number of carbonyl (C=O) groups is 3. The number of fused-ring (bicyclic) bond motifs is 1. The van der Waals surface area contributed by atoms with E-state index in [1.54, 1.807) is 18.2 Å². The minimum absolute atomic E-state index is 0.248. The molecule has 2 amide bonds. The number of aliphatic carboxylic acids is 1. The second kappa shape index (κ2) is 6.97. The van der Waals surface area contributed by atoms with Gasteiger partial charge in [0.05, 0.1) is 10.9 Å². The molecule has 0 saturated heterocycles. The van der Waals surface area contributed by atoms with E-state index in [0.717, 1.165) is 4.90 Å². The van der Waals surface area contributed by atoms with Gasteiger partial charge in [0, 0.05) is 16.3 Å². The molecule has 2 rings (SSSR count). The van der Waals surface area contributed by atoms with Gasteiger partial charge in [-0.2, -0.15) is 0 Å². The fourth-order valence-electron chi connectivity index (χ4n) is 1.84. The molecule has 118 valence electrons. The molecule has 1 aromatic carbocycles. The first kappa shape index (κ1) is 16.6. The summed E-state index contributed by atoms with van der Waals surface area (Å²) in [6, 6.07) is 3.37. The van der Waals surface area contributed by atoms with Crippen LogP contribution in [0, 0.1) is 0 Å². The summed E-state index contributed by atoms with van der Waals surface area (Å²) in [4.78, 5) is 35.1. The standard InChI is InChI=1S/C13H12ClFN2O4S/c14-6-1-2-9-7(3-6)17-12(19)10(22-9)4-11(18)16-8(5-15)13(20)21/h1-3,8,10H,4-5H2,(H,16,18)(H,17,19)(H,20,21).